The molecule has 2 atom stereocenters. The van der Waals surface area contributed by atoms with Crippen LogP contribution in [0.2, 0.25) is 0 Å². The molecule has 3 aromatic heterocycles. The molecule has 0 saturated carbocycles. The summed E-state index contributed by atoms with van der Waals surface area (Å²) < 4.78 is 8.39. The molecule has 2 aliphatic heterocycles. The first-order valence-electron chi connectivity index (χ1n) is 27.3. The van der Waals surface area contributed by atoms with Crippen LogP contribution in [0, 0.1) is 0 Å². The first-order valence-corrected chi connectivity index (χ1v) is 31.3. The van der Waals surface area contributed by atoms with E-state index in [9.17, 15) is 0 Å². The molecule has 13 aromatic rings. The summed E-state index contributed by atoms with van der Waals surface area (Å²) in [6.07, 6.45) is 0. The molecule has 5 aliphatic rings. The van der Waals surface area contributed by atoms with Gasteiger partial charge in [0.25, 0.3) is 0 Å². The molecule has 3 aliphatic carbocycles. The molecule has 0 saturated heterocycles. The van der Waals surface area contributed by atoms with Crippen LogP contribution in [0.5, 0.6) is 0 Å². The number of fused-ring (bicyclic) bond motifs is 16. The number of nitrogens with zero attached hydrogens (tertiary/aromatic N) is 3. The fraction of sp³-hybridized carbons (Fsp3) is 0.0986. The lowest BCUT2D eigenvalue weighted by Crippen LogP contribution is -2.81. The van der Waals surface area contributed by atoms with E-state index in [2.05, 4.69) is 277 Å². The molecule has 1 spiro atoms. The monoisotopic (exact) mass is 1000 g/mol. The van der Waals surface area contributed by atoms with Crippen LogP contribution in [-0.2, 0) is 10.8 Å². The first-order chi connectivity index (χ1) is 37.4. The minimum absolute atomic E-state index is 0.0676. The number of rotatable bonds is 4. The van der Waals surface area contributed by atoms with Gasteiger partial charge in [0.05, 0.1) is 22.1 Å². The molecule has 0 N–H and O–H groups in total. The second kappa shape index (κ2) is 14.1. The number of para-hydroxylation sites is 2. The van der Waals surface area contributed by atoms with Gasteiger partial charge in [-0.2, -0.15) is 0 Å². The van der Waals surface area contributed by atoms with Crippen LogP contribution in [0.1, 0.15) is 71.6 Å². The van der Waals surface area contributed by atoms with Crippen LogP contribution in [0.4, 0.5) is 0 Å². The Bertz CT molecular complexity index is 4380. The Balaban J connectivity index is 1.18. The molecule has 358 valence electrons. The molecule has 76 heavy (non-hydrogen) atoms. The van der Waals surface area contributed by atoms with Gasteiger partial charge in [0.2, 0.25) is 0 Å². The molecule has 0 amide bonds. The second-order valence-corrected chi connectivity index (χ2v) is 30.8. The minimum Gasteiger partial charge on any atom is -0.293 e. The van der Waals surface area contributed by atoms with Gasteiger partial charge in [-0.3, -0.25) is 13.4 Å². The highest BCUT2D eigenvalue weighted by atomic mass is 28.3. The van der Waals surface area contributed by atoms with E-state index in [4.69, 9.17) is 0 Å². The third kappa shape index (κ3) is 4.52. The summed E-state index contributed by atoms with van der Waals surface area (Å²) in [6.45, 7) is 7.30. The van der Waals surface area contributed by atoms with Crippen molar-refractivity contribution in [1.29, 1.82) is 0 Å². The third-order valence-electron chi connectivity index (χ3n) is 19.3. The molecule has 18 rings (SSSR count). The van der Waals surface area contributed by atoms with E-state index in [0.717, 1.165) is 0 Å². The molecule has 0 bridgehead atoms. The first kappa shape index (κ1) is 41.8. The summed E-state index contributed by atoms with van der Waals surface area (Å²) in [5.41, 5.74) is 19.1. The van der Waals surface area contributed by atoms with Crippen molar-refractivity contribution >= 4 is 102 Å². The zero-order valence-electron chi connectivity index (χ0n) is 42.6. The second-order valence-electron chi connectivity index (χ2n) is 23.5. The maximum Gasteiger partial charge on any atom is 0.186 e. The predicted molar refractivity (Wildman–Crippen MR) is 319 cm³/mol. The predicted octanol–water partition coefficient (Wildman–Crippen LogP) is 10.6. The van der Waals surface area contributed by atoms with Crippen molar-refractivity contribution in [3.05, 3.63) is 282 Å². The normalized spacial score (nSPS) is 19.2. The molecular formula is C71H51N3Si2. The Hall–Kier alpha value is -8.49. The van der Waals surface area contributed by atoms with Crippen molar-refractivity contribution in [2.24, 2.45) is 0 Å². The maximum atomic E-state index is 2.85. The summed E-state index contributed by atoms with van der Waals surface area (Å²) in [6, 6.07) is 95.7. The summed E-state index contributed by atoms with van der Waals surface area (Å²) in [5, 5.41) is 14.2. The van der Waals surface area contributed by atoms with Gasteiger partial charge in [0, 0.05) is 44.1 Å². The largest absolute Gasteiger partial charge is 0.293 e. The van der Waals surface area contributed by atoms with Crippen molar-refractivity contribution < 1.29 is 0 Å². The van der Waals surface area contributed by atoms with Crippen LogP contribution in [0.15, 0.2) is 243 Å². The standard InChI is InChI=1S/C71H51N3Si2/c1-70(2,3)44-40-61-65-62(41-44)76(47-28-12-6-13-29-47,48-30-14-7-15-31-48)67-52-35-19-23-39-58(52)73-60-43-54-53(63-49-32-16-20-36-55(49)71(63)56-37-21-17-33-50(56)64(54)71)42-59(60)72-57-38-22-18-34-51(57)66(68(72)74(65)69(67)73)75(61,45-24-8-4-9-25-45)46-26-10-5-11-27-46/h4-43,63-64H,1-3H3. The van der Waals surface area contributed by atoms with Gasteiger partial charge in [0.15, 0.2) is 16.1 Å². The molecule has 10 aromatic carbocycles. The minimum atomic E-state index is -3.31. The van der Waals surface area contributed by atoms with Gasteiger partial charge < -0.3 is 0 Å². The molecule has 5 heterocycles. The lowest BCUT2D eigenvalue weighted by molar-refractivity contribution is 0.333. The van der Waals surface area contributed by atoms with Crippen LogP contribution < -0.4 is 41.5 Å². The SMILES string of the molecule is CC(C)(C)c1cc2c3c(c1)[Si](c1ccccc1)(c1ccccc1)c1c4ccccc4n4c5cc6c(cc5n5c7ccccc7c(c5n-3c14)[Si]2(c1ccccc1)c1ccccc1)C1c2ccccc2C12c1ccccc1C62. The van der Waals surface area contributed by atoms with E-state index < -0.39 is 16.1 Å². The summed E-state index contributed by atoms with van der Waals surface area (Å²) >= 11 is 0. The highest BCUT2D eigenvalue weighted by Crippen LogP contribution is 2.77. The van der Waals surface area contributed by atoms with Gasteiger partial charge in [-0.25, -0.2) is 0 Å². The fourth-order valence-electron chi connectivity index (χ4n) is 16.7. The Morgan fingerprint density at radius 3 is 1.12 bits per heavy atom. The Labute approximate surface area is 443 Å². The Morgan fingerprint density at radius 2 is 0.724 bits per heavy atom. The van der Waals surface area contributed by atoms with E-state index >= 15 is 0 Å². The van der Waals surface area contributed by atoms with Crippen LogP contribution in [0.3, 0.4) is 0 Å². The number of hydrogen-bond acceptors (Lipinski definition) is 0. The van der Waals surface area contributed by atoms with Crippen molar-refractivity contribution in [1.82, 2.24) is 13.4 Å². The summed E-state index contributed by atoms with van der Waals surface area (Å²) in [5.74, 6) is 0.545. The molecule has 2 unspecified atom stereocenters. The van der Waals surface area contributed by atoms with Crippen molar-refractivity contribution in [2.45, 2.75) is 43.4 Å². The van der Waals surface area contributed by atoms with Crippen molar-refractivity contribution in [3.63, 3.8) is 0 Å². The molecule has 0 radical (unpaired) electrons. The maximum absolute atomic E-state index is 3.31. The molecule has 0 fully saturated rings. The van der Waals surface area contributed by atoms with E-state index in [1.165, 1.54) is 130 Å². The van der Waals surface area contributed by atoms with E-state index in [0.29, 0.717) is 0 Å². The Morgan fingerprint density at radius 1 is 0.368 bits per heavy atom. The summed E-state index contributed by atoms with van der Waals surface area (Å²) in [7, 11) is -6.62. The highest BCUT2D eigenvalue weighted by Gasteiger charge is 2.69. The van der Waals surface area contributed by atoms with Crippen molar-refractivity contribution in [3.8, 4) is 5.69 Å². The average molecular weight is 1000 g/mol. The number of aromatic nitrogens is 3. The molecule has 5 heteroatoms. The Kier molecular flexibility index (Phi) is 7.73. The van der Waals surface area contributed by atoms with E-state index in [1.54, 1.807) is 0 Å². The number of hydrogen-bond donors (Lipinski definition) is 0. The third-order valence-corrected chi connectivity index (χ3v) is 29.0. The van der Waals surface area contributed by atoms with E-state index in [1.807, 2.05) is 0 Å². The molecular weight excluding hydrogens is 951 g/mol. The molecule has 3 nitrogen and oxygen atoms in total. The van der Waals surface area contributed by atoms with Gasteiger partial charge in [-0.1, -0.05) is 239 Å². The van der Waals surface area contributed by atoms with Gasteiger partial charge in [0.1, 0.15) is 11.3 Å². The lowest BCUT2D eigenvalue weighted by atomic mass is 9.43. The van der Waals surface area contributed by atoms with Crippen LogP contribution in [0.25, 0.3) is 49.8 Å². The fourth-order valence-corrected chi connectivity index (χ4v) is 27.5. The topological polar surface area (TPSA) is 13.8 Å². The van der Waals surface area contributed by atoms with E-state index in [-0.39, 0.29) is 22.7 Å². The van der Waals surface area contributed by atoms with Gasteiger partial charge >= 0.3 is 0 Å². The highest BCUT2D eigenvalue weighted by molar-refractivity contribution is 7.25. The summed E-state index contributed by atoms with van der Waals surface area (Å²) in [4.78, 5) is 0. The number of benzene rings is 10. The average Bonchev–Trinajstić information content (AvgIpc) is 3.48. The van der Waals surface area contributed by atoms with Gasteiger partial charge in [-0.05, 0) is 99.7 Å². The van der Waals surface area contributed by atoms with Crippen molar-refractivity contribution in [2.75, 3.05) is 0 Å². The van der Waals surface area contributed by atoms with Gasteiger partial charge in [-0.15, -0.1) is 0 Å². The smallest absolute Gasteiger partial charge is 0.186 e. The zero-order valence-corrected chi connectivity index (χ0v) is 44.6. The van der Waals surface area contributed by atoms with Crippen LogP contribution >= 0.6 is 0 Å². The lowest BCUT2D eigenvalue weighted by Gasteiger charge is -2.58. The quantitative estimate of drug-likeness (QED) is 0.156. The zero-order chi connectivity index (χ0) is 50.0. The van der Waals surface area contributed by atoms with Crippen LogP contribution in [-0.4, -0.2) is 29.5 Å².